The van der Waals surface area contributed by atoms with Crippen molar-refractivity contribution >= 4 is 5.97 Å². The first-order valence-electron chi connectivity index (χ1n) is 18.1. The number of benzene rings is 5. The van der Waals surface area contributed by atoms with Gasteiger partial charge in [-0.2, -0.15) is 0 Å². The van der Waals surface area contributed by atoms with E-state index in [0.29, 0.717) is 18.7 Å². The number of carbonyl (C=O) groups is 1. The molecule has 1 aliphatic heterocycles. The zero-order chi connectivity index (χ0) is 36.8. The second-order valence-corrected chi connectivity index (χ2v) is 13.1. The molecule has 7 rings (SSSR count). The quantitative estimate of drug-likeness (QED) is 0.0953. The second kappa shape index (κ2) is 15.3. The van der Waals surface area contributed by atoms with E-state index in [2.05, 4.69) is 90.2 Å². The number of aliphatic hydroxyl groups excluding tert-OH is 1. The van der Waals surface area contributed by atoms with Gasteiger partial charge in [0, 0.05) is 18.5 Å². The van der Waals surface area contributed by atoms with E-state index in [4.69, 9.17) is 19.9 Å². The SMILES string of the molecule is CCCc1nc(C(C)O)c(C(=O)OCC)n1Cc1ccc(-c2ccccc2C2(C(c3ccccc3)(c3ccccc3)c3ccccc3)N=NN=N2)cc1. The van der Waals surface area contributed by atoms with Gasteiger partial charge in [0.1, 0.15) is 11.5 Å². The Balaban J connectivity index is 1.38. The summed E-state index contributed by atoms with van der Waals surface area (Å²) in [5.74, 6) is 0.242. The van der Waals surface area contributed by atoms with E-state index in [-0.39, 0.29) is 12.3 Å². The van der Waals surface area contributed by atoms with Crippen molar-refractivity contribution < 1.29 is 14.6 Å². The van der Waals surface area contributed by atoms with Crippen LogP contribution < -0.4 is 0 Å². The number of hydrogen-bond acceptors (Lipinski definition) is 8. The molecular weight excluding hydrogens is 661 g/mol. The molecule has 1 unspecified atom stereocenters. The Morgan fingerprint density at radius 2 is 1.28 bits per heavy atom. The summed E-state index contributed by atoms with van der Waals surface area (Å²) in [6.07, 6.45) is 0.570. The number of aliphatic hydroxyl groups is 1. The van der Waals surface area contributed by atoms with Crippen LogP contribution in [0.4, 0.5) is 0 Å². The van der Waals surface area contributed by atoms with Crippen molar-refractivity contribution in [2.24, 2.45) is 20.7 Å². The number of esters is 1. The molecule has 0 radical (unpaired) electrons. The first kappa shape index (κ1) is 35.3. The summed E-state index contributed by atoms with van der Waals surface area (Å²) in [7, 11) is 0. The highest BCUT2D eigenvalue weighted by Gasteiger charge is 2.60. The van der Waals surface area contributed by atoms with Crippen LogP contribution in [0.3, 0.4) is 0 Å². The third-order valence-electron chi connectivity index (χ3n) is 9.88. The standard InChI is InChI=1S/C44H42N6O3/c1-4-17-39-45-40(31(3)51)41(42(52)53-5-2)50(39)30-32-26-28-33(29-27-32)37-24-15-16-25-38(37)44(46-48-49-47-44)43(34-18-9-6-10-19-34,35-20-11-7-12-21-35)36-22-13-8-14-23-36/h6-16,18-29,31,51H,4-5,17,30H2,1-3H3. The molecule has 9 nitrogen and oxygen atoms in total. The Bertz CT molecular complexity index is 2120. The van der Waals surface area contributed by atoms with Crippen molar-refractivity contribution in [3.63, 3.8) is 0 Å². The number of aryl methyl sites for hydroxylation is 1. The van der Waals surface area contributed by atoms with Gasteiger partial charge in [-0.25, -0.2) is 9.78 Å². The molecule has 1 aromatic heterocycles. The maximum Gasteiger partial charge on any atom is 0.357 e. The average Bonchev–Trinajstić information content (AvgIpc) is 3.84. The smallest absolute Gasteiger partial charge is 0.357 e. The van der Waals surface area contributed by atoms with Gasteiger partial charge in [-0.15, -0.1) is 10.2 Å². The molecule has 1 N–H and O–H groups in total. The zero-order valence-corrected chi connectivity index (χ0v) is 30.1. The highest BCUT2D eigenvalue weighted by molar-refractivity contribution is 5.89. The Kier molecular flexibility index (Phi) is 10.2. The van der Waals surface area contributed by atoms with Gasteiger partial charge in [0.25, 0.3) is 0 Å². The number of imidazole rings is 1. The third-order valence-corrected chi connectivity index (χ3v) is 9.88. The lowest BCUT2D eigenvalue weighted by molar-refractivity contribution is 0.0506. The van der Waals surface area contributed by atoms with Crippen LogP contribution >= 0.6 is 0 Å². The predicted octanol–water partition coefficient (Wildman–Crippen LogP) is 9.80. The van der Waals surface area contributed by atoms with Crippen LogP contribution in [0.25, 0.3) is 11.1 Å². The van der Waals surface area contributed by atoms with Gasteiger partial charge < -0.3 is 14.4 Å². The Labute approximate surface area is 309 Å². The topological polar surface area (TPSA) is 114 Å². The Hall–Kier alpha value is -6.06. The van der Waals surface area contributed by atoms with Crippen molar-refractivity contribution in [1.29, 1.82) is 0 Å². The summed E-state index contributed by atoms with van der Waals surface area (Å²) in [6.45, 7) is 6.06. The van der Waals surface area contributed by atoms with E-state index >= 15 is 0 Å². The number of rotatable bonds is 13. The zero-order valence-electron chi connectivity index (χ0n) is 30.1. The Morgan fingerprint density at radius 1 is 0.755 bits per heavy atom. The van der Waals surface area contributed by atoms with Gasteiger partial charge in [-0.1, -0.05) is 146 Å². The molecule has 2 heterocycles. The van der Waals surface area contributed by atoms with Crippen LogP contribution in [0.15, 0.2) is 160 Å². The molecule has 0 aliphatic carbocycles. The first-order chi connectivity index (χ1) is 25.9. The minimum atomic E-state index is -1.32. The molecule has 0 spiro atoms. The first-order valence-corrected chi connectivity index (χ1v) is 18.1. The van der Waals surface area contributed by atoms with Crippen LogP contribution in [0, 0.1) is 0 Å². The molecule has 5 aromatic carbocycles. The highest BCUT2D eigenvalue weighted by Crippen LogP contribution is 2.58. The van der Waals surface area contributed by atoms with E-state index in [1.807, 2.05) is 71.3 Å². The number of carbonyl (C=O) groups excluding carboxylic acids is 1. The fraction of sp³-hybridized carbons (Fsp3) is 0.227. The van der Waals surface area contributed by atoms with Crippen molar-refractivity contribution in [2.45, 2.75) is 57.3 Å². The van der Waals surface area contributed by atoms with Crippen molar-refractivity contribution in [2.75, 3.05) is 6.61 Å². The van der Waals surface area contributed by atoms with Gasteiger partial charge in [-0.3, -0.25) is 0 Å². The predicted molar refractivity (Wildman–Crippen MR) is 204 cm³/mol. The van der Waals surface area contributed by atoms with Gasteiger partial charge >= 0.3 is 5.97 Å². The maximum atomic E-state index is 13.2. The second-order valence-electron chi connectivity index (χ2n) is 13.1. The molecular formula is C44H42N6O3. The summed E-state index contributed by atoms with van der Waals surface area (Å²) in [6, 6.07) is 47.5. The third kappa shape index (κ3) is 6.27. The monoisotopic (exact) mass is 702 g/mol. The fourth-order valence-electron chi connectivity index (χ4n) is 7.64. The minimum Gasteiger partial charge on any atom is -0.461 e. The highest BCUT2D eigenvalue weighted by atomic mass is 16.5. The molecule has 266 valence electrons. The van der Waals surface area contributed by atoms with Gasteiger partial charge in [0.15, 0.2) is 5.69 Å². The van der Waals surface area contributed by atoms with Gasteiger partial charge in [-0.05, 0) is 64.1 Å². The molecule has 0 saturated carbocycles. The molecule has 6 aromatic rings. The molecule has 0 saturated heterocycles. The minimum absolute atomic E-state index is 0.223. The van der Waals surface area contributed by atoms with Crippen molar-refractivity contribution in [1.82, 2.24) is 9.55 Å². The van der Waals surface area contributed by atoms with Crippen molar-refractivity contribution in [3.05, 3.63) is 185 Å². The van der Waals surface area contributed by atoms with Crippen LogP contribution in [-0.2, 0) is 28.8 Å². The number of aromatic nitrogens is 2. The van der Waals surface area contributed by atoms with E-state index in [1.54, 1.807) is 13.8 Å². The summed E-state index contributed by atoms with van der Waals surface area (Å²) < 4.78 is 7.30. The molecule has 0 fully saturated rings. The van der Waals surface area contributed by atoms with Crippen LogP contribution in [-0.4, -0.2) is 27.2 Å². The number of ether oxygens (including phenoxy) is 1. The maximum absolute atomic E-state index is 13.2. The lowest BCUT2D eigenvalue weighted by Crippen LogP contribution is -2.48. The lowest BCUT2D eigenvalue weighted by Gasteiger charge is -2.45. The molecule has 1 aliphatic rings. The molecule has 9 heteroatoms. The summed E-state index contributed by atoms with van der Waals surface area (Å²) in [5, 5.41) is 29.0. The van der Waals surface area contributed by atoms with Crippen LogP contribution in [0.1, 0.15) is 83.1 Å². The summed E-state index contributed by atoms with van der Waals surface area (Å²) >= 11 is 0. The summed E-state index contributed by atoms with van der Waals surface area (Å²) in [4.78, 5) is 17.9. The fourth-order valence-corrected chi connectivity index (χ4v) is 7.64. The molecule has 53 heavy (non-hydrogen) atoms. The Morgan fingerprint density at radius 3 is 1.79 bits per heavy atom. The van der Waals surface area contributed by atoms with Crippen LogP contribution in [0.5, 0.6) is 0 Å². The van der Waals surface area contributed by atoms with Crippen molar-refractivity contribution in [3.8, 4) is 11.1 Å². The number of nitrogens with zero attached hydrogens (tertiary/aromatic N) is 6. The summed E-state index contributed by atoms with van der Waals surface area (Å²) in [5.41, 5.74) is 5.05. The molecule has 0 bridgehead atoms. The molecule has 0 amide bonds. The van der Waals surface area contributed by atoms with E-state index in [0.717, 1.165) is 51.2 Å². The normalized spacial score (nSPS) is 14.0. The lowest BCUT2D eigenvalue weighted by atomic mass is 9.59. The van der Waals surface area contributed by atoms with E-state index in [1.165, 1.54) is 0 Å². The van der Waals surface area contributed by atoms with E-state index < -0.39 is 23.2 Å². The molecule has 1 atom stereocenters. The van der Waals surface area contributed by atoms with Gasteiger partial charge in [0.2, 0.25) is 5.66 Å². The van der Waals surface area contributed by atoms with E-state index in [9.17, 15) is 9.90 Å². The van der Waals surface area contributed by atoms with Crippen LogP contribution in [0.2, 0.25) is 0 Å². The average molecular weight is 703 g/mol. The number of hydrogen-bond donors (Lipinski definition) is 1. The van der Waals surface area contributed by atoms with Gasteiger partial charge in [0.05, 0.1) is 18.1 Å². The largest absolute Gasteiger partial charge is 0.461 e.